The van der Waals surface area contributed by atoms with Gasteiger partial charge in [-0.25, -0.2) is 14.4 Å². The molecular weight excluding hydrogens is 533 g/mol. The van der Waals surface area contributed by atoms with Crippen molar-refractivity contribution in [1.82, 2.24) is 34.3 Å². The first-order valence-electron chi connectivity index (χ1n) is 13.9. The van der Waals surface area contributed by atoms with Gasteiger partial charge in [-0.15, -0.1) is 0 Å². The second kappa shape index (κ2) is 11.5. The van der Waals surface area contributed by atoms with Gasteiger partial charge in [0, 0.05) is 56.2 Å². The molecule has 0 saturated carbocycles. The number of hydrogen-bond donors (Lipinski definition) is 2. The topological polar surface area (TPSA) is 122 Å². The molecule has 6 rings (SSSR count). The molecule has 0 aliphatic rings. The highest BCUT2D eigenvalue weighted by Crippen LogP contribution is 2.33. The second-order valence-electron chi connectivity index (χ2n) is 10.2. The molecule has 0 atom stereocenters. The van der Waals surface area contributed by atoms with Crippen LogP contribution in [0.2, 0.25) is 0 Å². The van der Waals surface area contributed by atoms with Gasteiger partial charge in [0.25, 0.3) is 0 Å². The average Bonchev–Trinajstić information content (AvgIpc) is 3.60. The molecule has 214 valence electrons. The van der Waals surface area contributed by atoms with Gasteiger partial charge in [0.1, 0.15) is 18.0 Å². The Hall–Kier alpha value is -4.90. The number of fused-ring (bicyclic) bond motifs is 2. The number of benzene rings is 1. The van der Waals surface area contributed by atoms with E-state index in [1.165, 1.54) is 6.33 Å². The average molecular weight is 566 g/mol. The maximum Gasteiger partial charge on any atom is 0.150 e. The summed E-state index contributed by atoms with van der Waals surface area (Å²) in [6, 6.07) is 9.50. The molecule has 10 nitrogen and oxygen atoms in total. The van der Waals surface area contributed by atoms with E-state index in [-0.39, 0.29) is 5.82 Å². The predicted molar refractivity (Wildman–Crippen MR) is 162 cm³/mol. The van der Waals surface area contributed by atoms with Gasteiger partial charge in [0.15, 0.2) is 5.65 Å². The lowest BCUT2D eigenvalue weighted by molar-refractivity contribution is 0.211. The van der Waals surface area contributed by atoms with Crippen molar-refractivity contribution in [3.63, 3.8) is 0 Å². The number of hydrogen-bond acceptors (Lipinski definition) is 8. The van der Waals surface area contributed by atoms with Gasteiger partial charge in [-0.3, -0.25) is 19.2 Å². The van der Waals surface area contributed by atoms with Gasteiger partial charge in [-0.05, 0) is 60.7 Å². The SMILES string of the molecule is CCc1cc(NCCOC)c2c(F)cc(CCc3cncc(-n4cc(-c5ccn(C)n5)c5c(N)ncnc54)c3)cc2n1. The van der Waals surface area contributed by atoms with Gasteiger partial charge in [0.05, 0.1) is 40.5 Å². The van der Waals surface area contributed by atoms with Crippen LogP contribution in [-0.2, 0) is 31.0 Å². The molecule has 0 spiro atoms. The fourth-order valence-corrected chi connectivity index (χ4v) is 5.25. The molecule has 5 aromatic heterocycles. The summed E-state index contributed by atoms with van der Waals surface area (Å²) in [5, 5.41) is 9.09. The summed E-state index contributed by atoms with van der Waals surface area (Å²) in [6.45, 7) is 3.16. The molecule has 0 bridgehead atoms. The monoisotopic (exact) mass is 565 g/mol. The third-order valence-electron chi connectivity index (χ3n) is 7.32. The zero-order valence-corrected chi connectivity index (χ0v) is 23.8. The Morgan fingerprint density at radius 1 is 1.05 bits per heavy atom. The van der Waals surface area contributed by atoms with E-state index in [2.05, 4.69) is 31.4 Å². The van der Waals surface area contributed by atoms with Crippen molar-refractivity contribution < 1.29 is 9.13 Å². The number of nitrogen functional groups attached to an aromatic ring is 1. The van der Waals surface area contributed by atoms with Crippen LogP contribution in [0.5, 0.6) is 0 Å². The lowest BCUT2D eigenvalue weighted by Crippen LogP contribution is -2.09. The molecule has 0 radical (unpaired) electrons. The number of rotatable bonds is 10. The number of anilines is 2. The molecule has 0 aliphatic heterocycles. The molecule has 0 unspecified atom stereocenters. The van der Waals surface area contributed by atoms with E-state index in [1.807, 2.05) is 55.3 Å². The highest BCUT2D eigenvalue weighted by Gasteiger charge is 2.18. The Morgan fingerprint density at radius 3 is 2.69 bits per heavy atom. The predicted octanol–water partition coefficient (Wildman–Crippen LogP) is 4.89. The van der Waals surface area contributed by atoms with Crippen molar-refractivity contribution in [3.8, 4) is 16.9 Å². The van der Waals surface area contributed by atoms with Crippen LogP contribution in [0.4, 0.5) is 15.9 Å². The smallest absolute Gasteiger partial charge is 0.150 e. The Morgan fingerprint density at radius 2 is 1.90 bits per heavy atom. The number of aromatic nitrogens is 7. The first-order valence-corrected chi connectivity index (χ1v) is 13.9. The van der Waals surface area contributed by atoms with E-state index < -0.39 is 0 Å². The number of ether oxygens (including phenoxy) is 1. The first-order chi connectivity index (χ1) is 20.4. The molecule has 5 heterocycles. The molecule has 0 fully saturated rings. The van der Waals surface area contributed by atoms with Crippen LogP contribution in [0.1, 0.15) is 23.7 Å². The Balaban J connectivity index is 1.30. The van der Waals surface area contributed by atoms with E-state index in [0.29, 0.717) is 48.4 Å². The number of halogens is 1. The molecule has 1 aromatic carbocycles. The summed E-state index contributed by atoms with van der Waals surface area (Å²) < 4.78 is 24.3. The Bertz CT molecular complexity index is 1900. The van der Waals surface area contributed by atoms with Crippen LogP contribution in [0.25, 0.3) is 38.9 Å². The summed E-state index contributed by atoms with van der Waals surface area (Å²) >= 11 is 0. The quantitative estimate of drug-likeness (QED) is 0.225. The first kappa shape index (κ1) is 27.3. The summed E-state index contributed by atoms with van der Waals surface area (Å²) in [6.07, 6.45) is 11.0. The molecule has 11 heteroatoms. The van der Waals surface area contributed by atoms with Crippen molar-refractivity contribution in [1.29, 1.82) is 0 Å². The lowest BCUT2D eigenvalue weighted by atomic mass is 10.0. The molecule has 0 aliphatic carbocycles. The molecule has 6 aromatic rings. The lowest BCUT2D eigenvalue weighted by Gasteiger charge is -2.13. The maximum absolute atomic E-state index is 15.4. The second-order valence-corrected chi connectivity index (χ2v) is 10.2. The minimum atomic E-state index is -0.289. The van der Waals surface area contributed by atoms with Crippen molar-refractivity contribution in [2.24, 2.45) is 7.05 Å². The third kappa shape index (κ3) is 5.26. The molecule has 0 saturated heterocycles. The molecule has 0 amide bonds. The highest BCUT2D eigenvalue weighted by molar-refractivity contribution is 6.00. The summed E-state index contributed by atoms with van der Waals surface area (Å²) in [4.78, 5) is 18.0. The number of aryl methyl sites for hydroxylation is 4. The normalized spacial score (nSPS) is 11.5. The van der Waals surface area contributed by atoms with Crippen LogP contribution >= 0.6 is 0 Å². The maximum atomic E-state index is 15.4. The summed E-state index contributed by atoms with van der Waals surface area (Å²) in [5.41, 5.74) is 13.6. The number of nitrogens with two attached hydrogens (primary N) is 1. The molecule has 3 N–H and O–H groups in total. The van der Waals surface area contributed by atoms with Gasteiger partial charge >= 0.3 is 0 Å². The van der Waals surface area contributed by atoms with Gasteiger partial charge < -0.3 is 15.8 Å². The number of methoxy groups -OCH3 is 1. The largest absolute Gasteiger partial charge is 0.383 e. The summed E-state index contributed by atoms with van der Waals surface area (Å²) in [5.74, 6) is 0.0984. The number of pyridine rings is 2. The minimum Gasteiger partial charge on any atom is -0.383 e. The van der Waals surface area contributed by atoms with Crippen LogP contribution in [0.15, 0.2) is 61.4 Å². The van der Waals surface area contributed by atoms with Crippen molar-refractivity contribution >= 4 is 33.4 Å². The standard InChI is InChI=1S/C31H32FN9O/c1-4-21-14-26(35-8-10-42-3)29-24(32)12-19(13-27(29)38-21)5-6-20-11-22(16-34-15-20)41-17-23(25-7-9-40(2)39-25)28-30(33)36-18-37-31(28)41/h7,9,11-18H,4-6,8,10H2,1-3H3,(H,35,38)(H2,33,36,37). The van der Waals surface area contributed by atoms with E-state index in [0.717, 1.165) is 51.3 Å². The highest BCUT2D eigenvalue weighted by atomic mass is 19.1. The summed E-state index contributed by atoms with van der Waals surface area (Å²) in [7, 11) is 3.52. The van der Waals surface area contributed by atoms with Crippen LogP contribution < -0.4 is 11.1 Å². The van der Waals surface area contributed by atoms with Gasteiger partial charge in [-0.2, -0.15) is 5.10 Å². The fraction of sp³-hybridized carbons (Fsp3) is 0.258. The number of nitrogens with zero attached hydrogens (tertiary/aromatic N) is 7. The van der Waals surface area contributed by atoms with Crippen molar-refractivity contribution in [2.75, 3.05) is 31.3 Å². The van der Waals surface area contributed by atoms with Crippen LogP contribution in [0, 0.1) is 5.82 Å². The van der Waals surface area contributed by atoms with Crippen LogP contribution in [-0.4, -0.2) is 54.5 Å². The third-order valence-corrected chi connectivity index (χ3v) is 7.32. The van der Waals surface area contributed by atoms with Gasteiger partial charge in [-0.1, -0.05) is 6.92 Å². The zero-order valence-electron chi connectivity index (χ0n) is 23.8. The molecular formula is C31H32FN9O. The van der Waals surface area contributed by atoms with E-state index in [4.69, 9.17) is 15.5 Å². The number of nitrogens with one attached hydrogen (secondary N) is 1. The van der Waals surface area contributed by atoms with E-state index in [9.17, 15) is 0 Å². The Kier molecular flexibility index (Phi) is 7.49. The Labute approximate surface area is 242 Å². The van der Waals surface area contributed by atoms with Crippen molar-refractivity contribution in [3.05, 3.63) is 84.1 Å². The minimum absolute atomic E-state index is 0.289. The van der Waals surface area contributed by atoms with Crippen molar-refractivity contribution in [2.45, 2.75) is 26.2 Å². The molecule has 42 heavy (non-hydrogen) atoms. The van der Waals surface area contributed by atoms with Gasteiger partial charge in [0.2, 0.25) is 0 Å². The van der Waals surface area contributed by atoms with Crippen LogP contribution in [0.3, 0.4) is 0 Å². The fourth-order valence-electron chi connectivity index (χ4n) is 5.25. The van der Waals surface area contributed by atoms with E-state index in [1.54, 1.807) is 24.1 Å². The zero-order chi connectivity index (χ0) is 29.2. The van der Waals surface area contributed by atoms with E-state index >= 15 is 4.39 Å².